The van der Waals surface area contributed by atoms with E-state index < -0.39 is 0 Å². The molecule has 5 heteroatoms. The number of nitrogens with zero attached hydrogens (tertiary/aromatic N) is 2. The van der Waals surface area contributed by atoms with Crippen molar-refractivity contribution in [2.45, 2.75) is 24.1 Å². The molecule has 0 aliphatic heterocycles. The molecule has 2 rings (SSSR count). The third-order valence-corrected chi connectivity index (χ3v) is 3.49. The maximum absolute atomic E-state index is 11.1. The summed E-state index contributed by atoms with van der Waals surface area (Å²) in [7, 11) is 0. The third kappa shape index (κ3) is 2.55. The summed E-state index contributed by atoms with van der Waals surface area (Å²) in [6.07, 6.45) is 0. The van der Waals surface area contributed by atoms with Gasteiger partial charge in [0, 0.05) is 5.39 Å². The quantitative estimate of drug-likeness (QED) is 0.664. The number of hydrogen-bond donors (Lipinski definition) is 1. The van der Waals surface area contributed by atoms with Crippen LogP contribution in [0.15, 0.2) is 29.3 Å². The Labute approximate surface area is 104 Å². The molecule has 1 aromatic carbocycles. The van der Waals surface area contributed by atoms with Crippen LogP contribution in [-0.2, 0) is 4.79 Å². The van der Waals surface area contributed by atoms with Gasteiger partial charge in [-0.25, -0.2) is 9.97 Å². The number of carbonyl (C=O) groups excluding carboxylic acids is 1. The van der Waals surface area contributed by atoms with Gasteiger partial charge in [0.1, 0.15) is 10.9 Å². The second-order valence-electron chi connectivity index (χ2n) is 3.76. The average Bonchev–Trinajstić information content (AvgIpc) is 2.28. The van der Waals surface area contributed by atoms with Crippen molar-refractivity contribution < 1.29 is 4.79 Å². The molecule has 0 spiro atoms. The van der Waals surface area contributed by atoms with Gasteiger partial charge < -0.3 is 5.73 Å². The van der Waals surface area contributed by atoms with E-state index in [1.807, 2.05) is 31.2 Å². The zero-order valence-electron chi connectivity index (χ0n) is 9.68. The number of nitrogens with two attached hydrogens (primary N) is 1. The van der Waals surface area contributed by atoms with Gasteiger partial charge in [0.2, 0.25) is 5.91 Å². The molecule has 2 N–H and O–H groups in total. The molecule has 0 bridgehead atoms. The van der Waals surface area contributed by atoms with Crippen LogP contribution >= 0.6 is 11.8 Å². The average molecular weight is 247 g/mol. The van der Waals surface area contributed by atoms with E-state index in [0.717, 1.165) is 15.9 Å². The monoisotopic (exact) mass is 247 g/mol. The molecule has 0 aliphatic rings. The number of benzene rings is 1. The number of primary amides is 1. The van der Waals surface area contributed by atoms with E-state index >= 15 is 0 Å². The van der Waals surface area contributed by atoms with Crippen molar-refractivity contribution >= 4 is 28.6 Å². The molecule has 0 aliphatic carbocycles. The van der Waals surface area contributed by atoms with E-state index in [4.69, 9.17) is 5.73 Å². The fourth-order valence-corrected chi connectivity index (χ4v) is 2.41. The first kappa shape index (κ1) is 11.9. The maximum Gasteiger partial charge on any atom is 0.230 e. The highest BCUT2D eigenvalue weighted by atomic mass is 32.2. The molecule has 2 aromatic rings. The summed E-state index contributed by atoms with van der Waals surface area (Å²) in [5, 5.41) is 1.46. The second kappa shape index (κ2) is 4.71. The molecular formula is C12H13N3OS. The Morgan fingerprint density at radius 2 is 2.06 bits per heavy atom. The van der Waals surface area contributed by atoms with E-state index in [2.05, 4.69) is 9.97 Å². The molecule has 0 fully saturated rings. The zero-order valence-corrected chi connectivity index (χ0v) is 10.5. The van der Waals surface area contributed by atoms with Crippen LogP contribution < -0.4 is 5.73 Å². The molecule has 4 nitrogen and oxygen atoms in total. The van der Waals surface area contributed by atoms with E-state index in [1.165, 1.54) is 11.8 Å². The number of aryl methyl sites for hydroxylation is 1. The zero-order chi connectivity index (χ0) is 12.4. The van der Waals surface area contributed by atoms with Gasteiger partial charge >= 0.3 is 0 Å². The van der Waals surface area contributed by atoms with Crippen LogP contribution in [0.4, 0.5) is 0 Å². The van der Waals surface area contributed by atoms with Crippen LogP contribution in [0.1, 0.15) is 12.7 Å². The van der Waals surface area contributed by atoms with Crippen molar-refractivity contribution in [1.82, 2.24) is 9.97 Å². The smallest absolute Gasteiger partial charge is 0.230 e. The summed E-state index contributed by atoms with van der Waals surface area (Å²) in [6, 6.07) is 7.74. The standard InChI is InChI=1S/C12H13N3OS/c1-7(11(13)16)17-12-9-5-3-4-6-10(9)14-8(2)15-12/h3-7H,1-2H3,(H2,13,16)/t7-/m0/s1. The maximum atomic E-state index is 11.1. The highest BCUT2D eigenvalue weighted by Crippen LogP contribution is 2.28. The lowest BCUT2D eigenvalue weighted by Crippen LogP contribution is -2.22. The molecule has 0 radical (unpaired) electrons. The van der Waals surface area contributed by atoms with Crippen LogP contribution in [0.3, 0.4) is 0 Å². The predicted molar refractivity (Wildman–Crippen MR) is 68.8 cm³/mol. The van der Waals surface area contributed by atoms with E-state index in [0.29, 0.717) is 5.82 Å². The third-order valence-electron chi connectivity index (χ3n) is 2.37. The van der Waals surface area contributed by atoms with Gasteiger partial charge in [0.25, 0.3) is 0 Å². The summed E-state index contributed by atoms with van der Waals surface area (Å²) in [5.74, 6) is 0.359. The number of hydrogen-bond acceptors (Lipinski definition) is 4. The van der Waals surface area contributed by atoms with Crippen LogP contribution in [0.25, 0.3) is 10.9 Å². The fourth-order valence-electron chi connectivity index (χ4n) is 1.47. The van der Waals surface area contributed by atoms with Gasteiger partial charge in [0.15, 0.2) is 0 Å². The molecule has 88 valence electrons. The van der Waals surface area contributed by atoms with Crippen molar-refractivity contribution in [2.24, 2.45) is 5.73 Å². The van der Waals surface area contributed by atoms with Crippen LogP contribution in [0, 0.1) is 6.92 Å². The predicted octanol–water partition coefficient (Wildman–Crippen LogP) is 1.90. The van der Waals surface area contributed by atoms with Crippen LogP contribution in [-0.4, -0.2) is 21.1 Å². The van der Waals surface area contributed by atoms with Crippen molar-refractivity contribution in [3.63, 3.8) is 0 Å². The highest BCUT2D eigenvalue weighted by Gasteiger charge is 2.14. The number of rotatable bonds is 3. The minimum Gasteiger partial charge on any atom is -0.369 e. The van der Waals surface area contributed by atoms with Gasteiger partial charge in [-0.3, -0.25) is 4.79 Å². The van der Waals surface area contributed by atoms with Crippen molar-refractivity contribution in [3.05, 3.63) is 30.1 Å². The topological polar surface area (TPSA) is 68.9 Å². The summed E-state index contributed by atoms with van der Waals surface area (Å²) < 4.78 is 0. The van der Waals surface area contributed by atoms with E-state index in [9.17, 15) is 4.79 Å². The minimum absolute atomic E-state index is 0.298. The minimum atomic E-state index is -0.338. The van der Waals surface area contributed by atoms with Crippen molar-refractivity contribution in [2.75, 3.05) is 0 Å². The van der Waals surface area contributed by atoms with Crippen molar-refractivity contribution in [1.29, 1.82) is 0 Å². The molecule has 1 atom stereocenters. The largest absolute Gasteiger partial charge is 0.369 e. The second-order valence-corrected chi connectivity index (χ2v) is 5.09. The van der Waals surface area contributed by atoms with Gasteiger partial charge in [-0.2, -0.15) is 0 Å². The number of para-hydroxylation sites is 1. The SMILES string of the molecule is Cc1nc(S[C@@H](C)C(N)=O)c2ccccc2n1. The van der Waals surface area contributed by atoms with Gasteiger partial charge in [-0.1, -0.05) is 30.0 Å². The Bertz CT molecular complexity index is 571. The molecule has 0 saturated heterocycles. The molecular weight excluding hydrogens is 234 g/mol. The van der Waals surface area contributed by atoms with Crippen LogP contribution in [0.2, 0.25) is 0 Å². The number of amides is 1. The number of carbonyl (C=O) groups is 1. The molecule has 0 saturated carbocycles. The summed E-state index contributed by atoms with van der Waals surface area (Å²) in [6.45, 7) is 3.62. The Balaban J connectivity index is 2.49. The lowest BCUT2D eigenvalue weighted by atomic mass is 10.2. The van der Waals surface area contributed by atoms with Crippen molar-refractivity contribution in [3.8, 4) is 0 Å². The van der Waals surface area contributed by atoms with Gasteiger partial charge in [0.05, 0.1) is 10.8 Å². The summed E-state index contributed by atoms with van der Waals surface area (Å²) >= 11 is 1.37. The molecule has 1 amide bonds. The number of fused-ring (bicyclic) bond motifs is 1. The van der Waals surface area contributed by atoms with Gasteiger partial charge in [-0.15, -0.1) is 0 Å². The van der Waals surface area contributed by atoms with Crippen LogP contribution in [0.5, 0.6) is 0 Å². The Kier molecular flexibility index (Phi) is 3.28. The Morgan fingerprint density at radius 1 is 1.35 bits per heavy atom. The highest BCUT2D eigenvalue weighted by molar-refractivity contribution is 8.00. The molecule has 1 aromatic heterocycles. The lowest BCUT2D eigenvalue weighted by Gasteiger charge is -2.09. The first-order valence-corrected chi connectivity index (χ1v) is 6.15. The first-order valence-electron chi connectivity index (χ1n) is 5.27. The summed E-state index contributed by atoms with van der Waals surface area (Å²) in [5.41, 5.74) is 6.15. The molecule has 0 unspecified atom stereocenters. The normalized spacial score (nSPS) is 12.6. The Hall–Kier alpha value is -1.62. The summed E-state index contributed by atoms with van der Waals surface area (Å²) in [4.78, 5) is 19.8. The molecule has 17 heavy (non-hydrogen) atoms. The lowest BCUT2D eigenvalue weighted by molar-refractivity contribution is -0.117. The number of aromatic nitrogens is 2. The van der Waals surface area contributed by atoms with Gasteiger partial charge in [-0.05, 0) is 19.9 Å². The Morgan fingerprint density at radius 3 is 2.76 bits per heavy atom. The fraction of sp³-hybridized carbons (Fsp3) is 0.250. The molecule has 1 heterocycles. The first-order chi connectivity index (χ1) is 8.08. The number of thioether (sulfide) groups is 1. The van der Waals surface area contributed by atoms with E-state index in [-0.39, 0.29) is 11.2 Å². The van der Waals surface area contributed by atoms with E-state index in [1.54, 1.807) is 6.92 Å².